The van der Waals surface area contributed by atoms with E-state index in [1.54, 1.807) is 34.8 Å². The summed E-state index contributed by atoms with van der Waals surface area (Å²) < 4.78 is 14.2. The summed E-state index contributed by atoms with van der Waals surface area (Å²) in [6.07, 6.45) is 0. The van der Waals surface area contributed by atoms with Crippen molar-refractivity contribution in [2.45, 2.75) is 0 Å². The van der Waals surface area contributed by atoms with Crippen molar-refractivity contribution >= 4 is 32.9 Å². The molecule has 0 atom stereocenters. The van der Waals surface area contributed by atoms with Crippen LogP contribution in [-0.2, 0) is 0 Å². The van der Waals surface area contributed by atoms with Crippen LogP contribution in [0.2, 0.25) is 0 Å². The van der Waals surface area contributed by atoms with Crippen molar-refractivity contribution < 1.29 is 4.39 Å². The van der Waals surface area contributed by atoms with Gasteiger partial charge in [-0.15, -0.1) is 22.7 Å². The lowest BCUT2D eigenvalue weighted by Gasteiger charge is -2.03. The Hall–Kier alpha value is -2.11. The maximum atomic E-state index is 13.1. The topological polar surface area (TPSA) is 25.8 Å². The van der Waals surface area contributed by atoms with E-state index in [9.17, 15) is 4.39 Å². The first-order chi connectivity index (χ1) is 10.3. The minimum Gasteiger partial charge on any atom is -0.245 e. The van der Waals surface area contributed by atoms with E-state index in [-0.39, 0.29) is 5.82 Å². The first-order valence-corrected chi connectivity index (χ1v) is 8.10. The monoisotopic (exact) mass is 312 g/mol. The zero-order valence-corrected chi connectivity index (χ0v) is 12.4. The predicted molar refractivity (Wildman–Crippen MR) is 86.1 cm³/mol. The fourth-order valence-corrected chi connectivity index (χ4v) is 3.79. The van der Waals surface area contributed by atoms with Gasteiger partial charge in [0.15, 0.2) is 0 Å². The summed E-state index contributed by atoms with van der Waals surface area (Å²) in [5.74, 6) is -0.235. The summed E-state index contributed by atoms with van der Waals surface area (Å²) in [5, 5.41) is 0. The molecule has 0 fully saturated rings. The number of fused-ring (bicyclic) bond motifs is 1. The smallest absolute Gasteiger partial charge is 0.123 e. The highest BCUT2D eigenvalue weighted by atomic mass is 32.1. The Balaban J connectivity index is 1.85. The van der Waals surface area contributed by atoms with Crippen LogP contribution in [0.3, 0.4) is 0 Å². The summed E-state index contributed by atoms with van der Waals surface area (Å²) in [7, 11) is 0. The molecule has 0 unspecified atom stereocenters. The standard InChI is InChI=1S/C16H9FN2S2/c17-12-4-1-10(2-5-12)15-16(21-9-19-15)11-3-6-13-14(7-11)20-8-18-13/h1-9H. The number of hydrogen-bond donors (Lipinski definition) is 0. The molecule has 4 aromatic rings. The number of benzene rings is 2. The molecule has 0 amide bonds. The van der Waals surface area contributed by atoms with Crippen molar-refractivity contribution in [2.75, 3.05) is 0 Å². The summed E-state index contributed by atoms with van der Waals surface area (Å²) in [4.78, 5) is 9.83. The Labute approximate surface area is 128 Å². The molecule has 0 spiro atoms. The number of thiazole rings is 2. The van der Waals surface area contributed by atoms with Gasteiger partial charge >= 0.3 is 0 Å². The van der Waals surface area contributed by atoms with Crippen LogP contribution in [0.15, 0.2) is 53.5 Å². The molecule has 0 aliphatic rings. The van der Waals surface area contributed by atoms with Gasteiger partial charge in [0.2, 0.25) is 0 Å². The zero-order valence-electron chi connectivity index (χ0n) is 10.8. The quantitative estimate of drug-likeness (QED) is 0.507. The van der Waals surface area contributed by atoms with Gasteiger partial charge in [-0.3, -0.25) is 0 Å². The van der Waals surface area contributed by atoms with Crippen LogP contribution >= 0.6 is 22.7 Å². The molecule has 2 aromatic heterocycles. The van der Waals surface area contributed by atoms with E-state index in [4.69, 9.17) is 0 Å². The molecule has 5 heteroatoms. The highest BCUT2D eigenvalue weighted by Crippen LogP contribution is 2.36. The molecule has 0 saturated carbocycles. The molecule has 2 heterocycles. The first kappa shape index (κ1) is 12.6. The first-order valence-electron chi connectivity index (χ1n) is 6.34. The van der Waals surface area contributed by atoms with Crippen molar-refractivity contribution in [1.29, 1.82) is 0 Å². The highest BCUT2D eigenvalue weighted by Gasteiger charge is 2.12. The van der Waals surface area contributed by atoms with E-state index in [1.807, 2.05) is 17.1 Å². The van der Waals surface area contributed by atoms with Crippen LogP contribution in [0.25, 0.3) is 31.9 Å². The van der Waals surface area contributed by atoms with Crippen molar-refractivity contribution in [3.8, 4) is 21.7 Å². The van der Waals surface area contributed by atoms with Crippen molar-refractivity contribution in [3.05, 3.63) is 59.3 Å². The molecule has 102 valence electrons. The largest absolute Gasteiger partial charge is 0.245 e. The number of hydrogen-bond acceptors (Lipinski definition) is 4. The SMILES string of the molecule is Fc1ccc(-c2ncsc2-c2ccc3ncsc3c2)cc1. The molecule has 21 heavy (non-hydrogen) atoms. The second-order valence-electron chi connectivity index (χ2n) is 4.57. The van der Waals surface area contributed by atoms with E-state index in [0.29, 0.717) is 0 Å². The average molecular weight is 312 g/mol. The molecule has 0 saturated heterocycles. The lowest BCUT2D eigenvalue weighted by atomic mass is 10.1. The fraction of sp³-hybridized carbons (Fsp3) is 0. The van der Waals surface area contributed by atoms with Gasteiger partial charge in [-0.25, -0.2) is 14.4 Å². The Bertz CT molecular complexity index is 909. The van der Waals surface area contributed by atoms with Crippen LogP contribution in [0.1, 0.15) is 0 Å². The molecule has 0 aliphatic heterocycles. The number of aromatic nitrogens is 2. The van der Waals surface area contributed by atoms with Crippen molar-refractivity contribution in [1.82, 2.24) is 9.97 Å². The third-order valence-corrected chi connectivity index (χ3v) is 4.95. The summed E-state index contributed by atoms with van der Waals surface area (Å²) in [5.41, 5.74) is 7.62. The Morgan fingerprint density at radius 2 is 1.57 bits per heavy atom. The molecular weight excluding hydrogens is 303 g/mol. The fourth-order valence-electron chi connectivity index (χ4n) is 2.26. The minimum atomic E-state index is -0.235. The maximum absolute atomic E-state index is 13.1. The second-order valence-corrected chi connectivity index (χ2v) is 6.31. The third kappa shape index (κ3) is 2.24. The average Bonchev–Trinajstić information content (AvgIpc) is 3.16. The number of rotatable bonds is 2. The minimum absolute atomic E-state index is 0.235. The van der Waals surface area contributed by atoms with Gasteiger partial charge in [0.1, 0.15) is 5.82 Å². The lowest BCUT2D eigenvalue weighted by Crippen LogP contribution is -1.83. The molecule has 0 aliphatic carbocycles. The van der Waals surface area contributed by atoms with Crippen molar-refractivity contribution in [3.63, 3.8) is 0 Å². The van der Waals surface area contributed by atoms with Gasteiger partial charge in [-0.05, 0) is 42.0 Å². The molecular formula is C16H9FN2S2. The maximum Gasteiger partial charge on any atom is 0.123 e. The predicted octanol–water partition coefficient (Wildman–Crippen LogP) is 5.23. The number of nitrogens with zero attached hydrogens (tertiary/aromatic N) is 2. The van der Waals surface area contributed by atoms with Gasteiger partial charge in [-0.2, -0.15) is 0 Å². The Morgan fingerprint density at radius 1 is 0.810 bits per heavy atom. The normalized spacial score (nSPS) is 11.1. The van der Waals surface area contributed by atoms with E-state index in [2.05, 4.69) is 22.1 Å². The van der Waals surface area contributed by atoms with Gasteiger partial charge in [0.05, 0.1) is 31.8 Å². The van der Waals surface area contributed by atoms with E-state index < -0.39 is 0 Å². The van der Waals surface area contributed by atoms with Crippen LogP contribution < -0.4 is 0 Å². The van der Waals surface area contributed by atoms with Gasteiger partial charge in [-0.1, -0.05) is 6.07 Å². The molecule has 0 radical (unpaired) electrons. The lowest BCUT2D eigenvalue weighted by molar-refractivity contribution is 0.628. The summed E-state index contributed by atoms with van der Waals surface area (Å²) >= 11 is 3.22. The Morgan fingerprint density at radius 3 is 2.43 bits per heavy atom. The van der Waals surface area contributed by atoms with E-state index >= 15 is 0 Å². The van der Waals surface area contributed by atoms with Gasteiger partial charge in [0.25, 0.3) is 0 Å². The highest BCUT2D eigenvalue weighted by molar-refractivity contribution is 7.17. The Kier molecular flexibility index (Phi) is 3.02. The molecule has 0 N–H and O–H groups in total. The van der Waals surface area contributed by atoms with Crippen LogP contribution in [0, 0.1) is 5.82 Å². The zero-order chi connectivity index (χ0) is 14.2. The van der Waals surface area contributed by atoms with Crippen LogP contribution in [0.5, 0.6) is 0 Å². The van der Waals surface area contributed by atoms with Crippen LogP contribution in [0.4, 0.5) is 4.39 Å². The third-order valence-electron chi connectivity index (χ3n) is 3.28. The molecule has 2 nitrogen and oxygen atoms in total. The molecule has 2 aromatic carbocycles. The van der Waals surface area contributed by atoms with E-state index in [1.165, 1.54) is 12.1 Å². The van der Waals surface area contributed by atoms with Crippen molar-refractivity contribution in [2.24, 2.45) is 0 Å². The van der Waals surface area contributed by atoms with Crippen LogP contribution in [-0.4, -0.2) is 9.97 Å². The summed E-state index contributed by atoms with van der Waals surface area (Å²) in [6, 6.07) is 12.7. The molecule has 0 bridgehead atoms. The summed E-state index contributed by atoms with van der Waals surface area (Å²) in [6.45, 7) is 0. The number of halogens is 1. The molecule has 4 rings (SSSR count). The van der Waals surface area contributed by atoms with E-state index in [0.717, 1.165) is 31.9 Å². The van der Waals surface area contributed by atoms with Gasteiger partial charge < -0.3 is 0 Å². The van der Waals surface area contributed by atoms with Gasteiger partial charge in [0, 0.05) is 5.56 Å². The second kappa shape index (κ2) is 5.02.